The van der Waals surface area contributed by atoms with Gasteiger partial charge in [0.1, 0.15) is 0 Å². The number of allylic oxidation sites excluding steroid dienone is 1. The quantitative estimate of drug-likeness (QED) is 0.527. The maximum Gasteiger partial charge on any atom is 0.330 e. The summed E-state index contributed by atoms with van der Waals surface area (Å²) in [5, 5.41) is 11.2. The molecule has 0 aromatic carbocycles. The Morgan fingerprint density at radius 1 is 1.27 bits per heavy atom. The van der Waals surface area contributed by atoms with Crippen molar-refractivity contribution in [2.75, 3.05) is 6.61 Å². The standard InChI is InChI=1S/C26H38O4/c1-5-30-23(29)9-6-16(2)19-7-8-20-24-21(11-13-26(19,20)4)25(3)12-10-18(27)14-17(25)15-22(24)28/h6,9,14,16,19-22,24,28H,5,7-8,10-13,15H2,1-4H3/b9-6+/t16-,19-,20?,21?,22+,24?,25+,26-/m1/s1. The lowest BCUT2D eigenvalue weighted by molar-refractivity contribution is -0.137. The van der Waals surface area contributed by atoms with E-state index in [1.807, 2.05) is 19.1 Å². The van der Waals surface area contributed by atoms with E-state index < -0.39 is 0 Å². The summed E-state index contributed by atoms with van der Waals surface area (Å²) < 4.78 is 5.05. The lowest BCUT2D eigenvalue weighted by atomic mass is 9.46. The van der Waals surface area contributed by atoms with Gasteiger partial charge in [-0.1, -0.05) is 32.4 Å². The highest BCUT2D eigenvalue weighted by molar-refractivity contribution is 5.91. The normalized spacial score (nSPS) is 44.1. The van der Waals surface area contributed by atoms with Gasteiger partial charge in [-0.3, -0.25) is 4.79 Å². The van der Waals surface area contributed by atoms with Crippen molar-refractivity contribution in [1.29, 1.82) is 0 Å². The summed E-state index contributed by atoms with van der Waals surface area (Å²) >= 11 is 0. The number of aliphatic hydroxyl groups excluding tert-OH is 1. The number of ether oxygens (including phenoxy) is 1. The van der Waals surface area contributed by atoms with Crippen LogP contribution in [0, 0.1) is 40.4 Å². The fourth-order valence-corrected chi connectivity index (χ4v) is 7.99. The maximum absolute atomic E-state index is 12.0. The second kappa shape index (κ2) is 7.93. The van der Waals surface area contributed by atoms with Crippen molar-refractivity contribution in [3.8, 4) is 0 Å². The first-order chi connectivity index (χ1) is 14.2. The Balaban J connectivity index is 1.57. The summed E-state index contributed by atoms with van der Waals surface area (Å²) in [7, 11) is 0. The van der Waals surface area contributed by atoms with Crippen molar-refractivity contribution >= 4 is 11.8 Å². The van der Waals surface area contributed by atoms with Crippen LogP contribution in [0.2, 0.25) is 0 Å². The topological polar surface area (TPSA) is 63.6 Å². The minimum atomic E-state index is -0.339. The number of fused-ring (bicyclic) bond motifs is 5. The maximum atomic E-state index is 12.0. The molecule has 0 saturated heterocycles. The molecular weight excluding hydrogens is 376 g/mol. The molecule has 3 unspecified atom stereocenters. The molecule has 4 heteroatoms. The summed E-state index contributed by atoms with van der Waals surface area (Å²) in [6.07, 6.45) is 12.0. The summed E-state index contributed by atoms with van der Waals surface area (Å²) in [5.74, 6) is 2.14. The molecule has 4 rings (SSSR count). The molecule has 0 heterocycles. The molecule has 3 saturated carbocycles. The number of aliphatic hydroxyl groups is 1. The number of rotatable bonds is 4. The molecular formula is C26H38O4. The molecule has 4 aliphatic carbocycles. The average molecular weight is 415 g/mol. The van der Waals surface area contributed by atoms with Gasteiger partial charge >= 0.3 is 5.97 Å². The lowest BCUT2D eigenvalue weighted by Crippen LogP contribution is -2.55. The van der Waals surface area contributed by atoms with E-state index >= 15 is 0 Å². The molecule has 0 radical (unpaired) electrons. The molecule has 4 aliphatic rings. The third-order valence-electron chi connectivity index (χ3n) is 9.51. The fraction of sp³-hybridized carbons (Fsp3) is 0.769. The highest BCUT2D eigenvalue weighted by Gasteiger charge is 2.61. The van der Waals surface area contributed by atoms with E-state index in [4.69, 9.17) is 4.74 Å². The van der Waals surface area contributed by atoms with Crippen LogP contribution in [0.25, 0.3) is 0 Å². The van der Waals surface area contributed by atoms with Gasteiger partial charge in [-0.25, -0.2) is 4.79 Å². The zero-order valence-electron chi connectivity index (χ0n) is 19.0. The average Bonchev–Trinajstić information content (AvgIpc) is 3.05. The molecule has 166 valence electrons. The van der Waals surface area contributed by atoms with Gasteiger partial charge in [0.2, 0.25) is 0 Å². The second-order valence-corrected chi connectivity index (χ2v) is 10.8. The van der Waals surface area contributed by atoms with E-state index in [0.717, 1.165) is 25.7 Å². The van der Waals surface area contributed by atoms with Crippen LogP contribution < -0.4 is 0 Å². The van der Waals surface area contributed by atoms with Crippen molar-refractivity contribution < 1.29 is 19.4 Å². The van der Waals surface area contributed by atoms with Crippen LogP contribution in [-0.4, -0.2) is 29.6 Å². The Kier molecular flexibility index (Phi) is 5.76. The summed E-state index contributed by atoms with van der Waals surface area (Å²) in [6.45, 7) is 9.25. The molecule has 8 atom stereocenters. The van der Waals surface area contributed by atoms with Gasteiger partial charge in [0.05, 0.1) is 12.7 Å². The number of carbonyl (C=O) groups is 2. The number of carbonyl (C=O) groups excluding carboxylic acids is 2. The first kappa shape index (κ1) is 21.8. The molecule has 0 amide bonds. The van der Waals surface area contributed by atoms with E-state index in [-0.39, 0.29) is 28.7 Å². The molecule has 4 nitrogen and oxygen atoms in total. The number of ketones is 1. The minimum Gasteiger partial charge on any atom is -0.463 e. The number of hydrogen-bond donors (Lipinski definition) is 1. The molecule has 0 aromatic heterocycles. The summed E-state index contributed by atoms with van der Waals surface area (Å²) in [5.41, 5.74) is 1.48. The highest BCUT2D eigenvalue weighted by atomic mass is 16.5. The zero-order valence-corrected chi connectivity index (χ0v) is 19.0. The van der Waals surface area contributed by atoms with E-state index in [1.165, 1.54) is 12.0 Å². The van der Waals surface area contributed by atoms with Crippen LogP contribution in [0.1, 0.15) is 72.6 Å². The smallest absolute Gasteiger partial charge is 0.330 e. The molecule has 1 N–H and O–H groups in total. The first-order valence-corrected chi connectivity index (χ1v) is 12.0. The van der Waals surface area contributed by atoms with Gasteiger partial charge in [-0.15, -0.1) is 0 Å². The SMILES string of the molecule is CCOC(=O)/C=C/[C@@H](C)[C@H]1CCC2C3C(CC[C@@]21C)[C@@]1(C)CCC(=O)C=C1C[C@@H]3O. The third kappa shape index (κ3) is 3.39. The lowest BCUT2D eigenvalue weighted by Gasteiger charge is -2.59. The first-order valence-electron chi connectivity index (χ1n) is 12.0. The molecule has 0 aromatic rings. The Labute approximate surface area is 181 Å². The van der Waals surface area contributed by atoms with Gasteiger partial charge in [0, 0.05) is 12.5 Å². The van der Waals surface area contributed by atoms with E-state index in [2.05, 4.69) is 20.8 Å². The van der Waals surface area contributed by atoms with Crippen molar-refractivity contribution in [2.24, 2.45) is 40.4 Å². The number of esters is 1. The Bertz CT molecular complexity index is 767. The fourth-order valence-electron chi connectivity index (χ4n) is 7.99. The summed E-state index contributed by atoms with van der Waals surface area (Å²) in [4.78, 5) is 23.8. The van der Waals surface area contributed by atoms with Gasteiger partial charge in [-0.2, -0.15) is 0 Å². The van der Waals surface area contributed by atoms with E-state index in [9.17, 15) is 14.7 Å². The van der Waals surface area contributed by atoms with E-state index in [0.29, 0.717) is 49.0 Å². The third-order valence-corrected chi connectivity index (χ3v) is 9.51. The van der Waals surface area contributed by atoms with E-state index in [1.54, 1.807) is 6.08 Å². The zero-order chi connectivity index (χ0) is 21.7. The van der Waals surface area contributed by atoms with Crippen molar-refractivity contribution in [2.45, 2.75) is 78.7 Å². The number of hydrogen-bond acceptors (Lipinski definition) is 4. The molecule has 30 heavy (non-hydrogen) atoms. The van der Waals surface area contributed by atoms with Crippen LogP contribution in [-0.2, 0) is 14.3 Å². The van der Waals surface area contributed by atoms with Gasteiger partial charge in [0.25, 0.3) is 0 Å². The Morgan fingerprint density at radius 3 is 2.77 bits per heavy atom. The Morgan fingerprint density at radius 2 is 2.03 bits per heavy atom. The molecule has 0 spiro atoms. The van der Waals surface area contributed by atoms with Crippen molar-refractivity contribution in [3.05, 3.63) is 23.8 Å². The van der Waals surface area contributed by atoms with Gasteiger partial charge in [-0.05, 0) is 91.9 Å². The summed E-state index contributed by atoms with van der Waals surface area (Å²) in [6, 6.07) is 0. The molecule has 0 bridgehead atoms. The predicted molar refractivity (Wildman–Crippen MR) is 117 cm³/mol. The van der Waals surface area contributed by atoms with Crippen LogP contribution in [0.4, 0.5) is 0 Å². The van der Waals surface area contributed by atoms with Crippen LogP contribution in [0.5, 0.6) is 0 Å². The molecule has 3 fully saturated rings. The van der Waals surface area contributed by atoms with Gasteiger partial charge in [0.15, 0.2) is 5.78 Å². The van der Waals surface area contributed by atoms with Crippen LogP contribution >= 0.6 is 0 Å². The van der Waals surface area contributed by atoms with Crippen molar-refractivity contribution in [3.63, 3.8) is 0 Å². The van der Waals surface area contributed by atoms with Crippen LogP contribution in [0.3, 0.4) is 0 Å². The van der Waals surface area contributed by atoms with Gasteiger partial charge < -0.3 is 9.84 Å². The van der Waals surface area contributed by atoms with Crippen LogP contribution in [0.15, 0.2) is 23.8 Å². The Hall–Kier alpha value is -1.42. The minimum absolute atomic E-state index is 0.0760. The van der Waals surface area contributed by atoms with Crippen molar-refractivity contribution in [1.82, 2.24) is 0 Å². The monoisotopic (exact) mass is 414 g/mol. The largest absolute Gasteiger partial charge is 0.463 e. The second-order valence-electron chi connectivity index (χ2n) is 10.8. The predicted octanol–water partition coefficient (Wildman–Crippen LogP) is 4.86. The highest BCUT2D eigenvalue weighted by Crippen LogP contribution is 2.67. The molecule has 0 aliphatic heterocycles.